The first-order valence-electron chi connectivity index (χ1n) is 3.86. The summed E-state index contributed by atoms with van der Waals surface area (Å²) in [5.74, 6) is 0.596. The lowest BCUT2D eigenvalue weighted by Gasteiger charge is -2.08. The van der Waals surface area contributed by atoms with Crippen LogP contribution in [0.2, 0.25) is 0 Å². The summed E-state index contributed by atoms with van der Waals surface area (Å²) in [6.07, 6.45) is 1.60. The Balaban J connectivity index is 2.72. The molecule has 0 amide bonds. The Morgan fingerprint density at radius 1 is 1.57 bits per heavy atom. The first kappa shape index (κ1) is 11.8. The van der Waals surface area contributed by atoms with Crippen LogP contribution in [0.4, 0.5) is 5.82 Å². The second-order valence-electron chi connectivity index (χ2n) is 2.32. The van der Waals surface area contributed by atoms with Crippen molar-refractivity contribution < 1.29 is 0 Å². The second-order valence-corrected chi connectivity index (χ2v) is 4.29. The van der Waals surface area contributed by atoms with Crippen molar-refractivity contribution in [2.45, 2.75) is 6.92 Å². The Bertz CT molecular complexity index is 344. The van der Waals surface area contributed by atoms with Crippen molar-refractivity contribution in [2.75, 3.05) is 11.9 Å². The van der Waals surface area contributed by atoms with Crippen LogP contribution >= 0.6 is 44.1 Å². The summed E-state index contributed by atoms with van der Waals surface area (Å²) < 4.78 is 1.29. The van der Waals surface area contributed by atoms with Gasteiger partial charge in [-0.3, -0.25) is 0 Å². The third-order valence-electron chi connectivity index (χ3n) is 1.27. The molecule has 0 unspecified atom stereocenters. The highest BCUT2D eigenvalue weighted by Crippen LogP contribution is 2.18. The van der Waals surface area contributed by atoms with E-state index < -0.39 is 0 Å². The molecule has 0 aliphatic heterocycles. The van der Waals surface area contributed by atoms with E-state index in [4.69, 9.17) is 12.2 Å². The topological polar surface area (TPSA) is 49.8 Å². The number of nitrogens with one attached hydrogen (secondary N) is 2. The van der Waals surface area contributed by atoms with Crippen LogP contribution in [0.1, 0.15) is 6.92 Å². The summed E-state index contributed by atoms with van der Waals surface area (Å²) in [4.78, 5) is 8.21. The molecule has 0 atom stereocenters. The number of anilines is 1. The molecule has 1 rings (SSSR count). The lowest BCUT2D eigenvalue weighted by molar-refractivity contribution is 0.976. The summed E-state index contributed by atoms with van der Waals surface area (Å²) in [6, 6.07) is 0. The average Bonchev–Trinajstić information content (AvgIpc) is 2.10. The molecule has 14 heavy (non-hydrogen) atoms. The van der Waals surface area contributed by atoms with Crippen molar-refractivity contribution in [2.24, 2.45) is 0 Å². The molecule has 0 bridgehead atoms. The third-order valence-corrected chi connectivity index (χ3v) is 2.45. The van der Waals surface area contributed by atoms with Gasteiger partial charge in [0.05, 0.1) is 6.20 Å². The lowest BCUT2D eigenvalue weighted by Crippen LogP contribution is -2.28. The zero-order chi connectivity index (χ0) is 10.6. The zero-order valence-electron chi connectivity index (χ0n) is 7.34. The number of thiocarbonyl (C=S) groups is 1. The largest absolute Gasteiger partial charge is 0.363 e. The van der Waals surface area contributed by atoms with Gasteiger partial charge in [0, 0.05) is 6.54 Å². The predicted octanol–water partition coefficient (Wildman–Crippen LogP) is 2.31. The van der Waals surface area contributed by atoms with Crippen LogP contribution < -0.4 is 10.6 Å². The van der Waals surface area contributed by atoms with Crippen molar-refractivity contribution in [3.8, 4) is 0 Å². The van der Waals surface area contributed by atoms with Gasteiger partial charge in [0.1, 0.15) is 9.21 Å². The quantitative estimate of drug-likeness (QED) is 0.810. The molecule has 7 heteroatoms. The average molecular weight is 340 g/mol. The van der Waals surface area contributed by atoms with Crippen molar-refractivity contribution in [3.63, 3.8) is 0 Å². The Kier molecular flexibility index (Phi) is 4.70. The molecule has 1 aromatic rings. The Morgan fingerprint density at radius 2 is 2.29 bits per heavy atom. The van der Waals surface area contributed by atoms with Gasteiger partial charge in [0.2, 0.25) is 0 Å². The molecule has 4 nitrogen and oxygen atoms in total. The maximum atomic E-state index is 5.01. The fraction of sp³-hybridized carbons (Fsp3) is 0.286. The fourth-order valence-corrected chi connectivity index (χ4v) is 1.89. The van der Waals surface area contributed by atoms with Crippen molar-refractivity contribution in [1.29, 1.82) is 0 Å². The van der Waals surface area contributed by atoms with E-state index in [0.717, 1.165) is 6.54 Å². The maximum absolute atomic E-state index is 5.01. The summed E-state index contributed by atoms with van der Waals surface area (Å²) in [5.41, 5.74) is 0. The number of nitrogens with zero attached hydrogens (tertiary/aromatic N) is 2. The van der Waals surface area contributed by atoms with Crippen LogP contribution in [-0.2, 0) is 0 Å². The molecule has 0 saturated heterocycles. The van der Waals surface area contributed by atoms with Gasteiger partial charge in [-0.25, -0.2) is 9.97 Å². The maximum Gasteiger partial charge on any atom is 0.172 e. The van der Waals surface area contributed by atoms with E-state index >= 15 is 0 Å². The minimum absolute atomic E-state index is 0.532. The highest BCUT2D eigenvalue weighted by molar-refractivity contribution is 9.11. The summed E-state index contributed by atoms with van der Waals surface area (Å²) in [6.45, 7) is 2.74. The molecule has 0 aliphatic carbocycles. The van der Waals surface area contributed by atoms with Crippen LogP contribution in [0.25, 0.3) is 0 Å². The van der Waals surface area contributed by atoms with E-state index in [0.29, 0.717) is 20.1 Å². The molecule has 1 heterocycles. The normalized spacial score (nSPS) is 9.64. The molecular weight excluding hydrogens is 332 g/mol. The van der Waals surface area contributed by atoms with Gasteiger partial charge in [-0.15, -0.1) is 0 Å². The molecular formula is C7H8Br2N4S. The third kappa shape index (κ3) is 3.47. The van der Waals surface area contributed by atoms with Crippen LogP contribution in [0.3, 0.4) is 0 Å². The standard InChI is InChI=1S/C7H8Br2N4S/c1-2-10-7(14)13-6-5(9)12-4(8)3-11-6/h3H,2H2,1H3,(H2,10,11,13,14). The van der Waals surface area contributed by atoms with Crippen molar-refractivity contribution >= 4 is 55.0 Å². The summed E-state index contributed by atoms with van der Waals surface area (Å²) in [7, 11) is 0. The minimum atomic E-state index is 0.532. The smallest absolute Gasteiger partial charge is 0.172 e. The molecule has 0 fully saturated rings. The zero-order valence-corrected chi connectivity index (χ0v) is 11.3. The number of hydrogen-bond donors (Lipinski definition) is 2. The highest BCUT2D eigenvalue weighted by Gasteiger charge is 2.04. The van der Waals surface area contributed by atoms with E-state index in [1.54, 1.807) is 6.20 Å². The van der Waals surface area contributed by atoms with Crippen LogP contribution in [0.5, 0.6) is 0 Å². The highest BCUT2D eigenvalue weighted by atomic mass is 79.9. The van der Waals surface area contributed by atoms with Crippen molar-refractivity contribution in [1.82, 2.24) is 15.3 Å². The first-order chi connectivity index (χ1) is 6.63. The number of rotatable bonds is 2. The van der Waals surface area contributed by atoms with Gasteiger partial charge < -0.3 is 10.6 Å². The van der Waals surface area contributed by atoms with E-state index in [1.807, 2.05) is 6.92 Å². The molecule has 0 aliphatic rings. The van der Waals surface area contributed by atoms with E-state index in [2.05, 4.69) is 52.5 Å². The SMILES string of the molecule is CCNC(=S)Nc1ncc(Br)nc1Br. The van der Waals surface area contributed by atoms with Crippen molar-refractivity contribution in [3.05, 3.63) is 15.4 Å². The van der Waals surface area contributed by atoms with Gasteiger partial charge in [-0.2, -0.15) is 0 Å². The van der Waals surface area contributed by atoms with Gasteiger partial charge in [0.25, 0.3) is 0 Å². The predicted molar refractivity (Wildman–Crippen MR) is 67.3 cm³/mol. The molecule has 76 valence electrons. The van der Waals surface area contributed by atoms with Gasteiger partial charge in [0.15, 0.2) is 10.9 Å². The fourth-order valence-electron chi connectivity index (χ4n) is 0.743. The molecule has 1 aromatic heterocycles. The van der Waals surface area contributed by atoms with Crippen LogP contribution in [0, 0.1) is 0 Å². The van der Waals surface area contributed by atoms with Crippen LogP contribution in [-0.4, -0.2) is 21.6 Å². The number of hydrogen-bond acceptors (Lipinski definition) is 3. The van der Waals surface area contributed by atoms with E-state index in [9.17, 15) is 0 Å². The molecule has 0 radical (unpaired) electrons. The van der Waals surface area contributed by atoms with E-state index in [1.165, 1.54) is 0 Å². The number of aromatic nitrogens is 2. The van der Waals surface area contributed by atoms with Gasteiger partial charge >= 0.3 is 0 Å². The minimum Gasteiger partial charge on any atom is -0.363 e. The Hall–Kier alpha value is -0.270. The van der Waals surface area contributed by atoms with Gasteiger partial charge in [-0.05, 0) is 51.0 Å². The van der Waals surface area contributed by atoms with Crippen LogP contribution in [0.15, 0.2) is 15.4 Å². The monoisotopic (exact) mass is 338 g/mol. The lowest BCUT2D eigenvalue weighted by atomic mass is 10.6. The molecule has 0 saturated carbocycles. The molecule has 2 N–H and O–H groups in total. The molecule has 0 spiro atoms. The summed E-state index contributed by atoms with van der Waals surface area (Å²) in [5, 5.41) is 6.41. The van der Waals surface area contributed by atoms with E-state index in [-0.39, 0.29) is 0 Å². The Morgan fingerprint density at radius 3 is 2.86 bits per heavy atom. The summed E-state index contributed by atoms with van der Waals surface area (Å²) >= 11 is 11.5. The first-order valence-corrected chi connectivity index (χ1v) is 5.85. The number of halogens is 2. The molecule has 0 aromatic carbocycles. The second kappa shape index (κ2) is 5.57. The Labute approximate surface area is 104 Å². The van der Waals surface area contributed by atoms with Gasteiger partial charge in [-0.1, -0.05) is 0 Å².